The number of rotatable bonds is 6. The molecule has 1 aromatic rings. The molecule has 0 heterocycles. The van der Waals surface area contributed by atoms with Crippen LogP contribution < -0.4 is 4.72 Å². The fourth-order valence-corrected chi connectivity index (χ4v) is 2.79. The maximum Gasteiger partial charge on any atom is 0.416 e. The molecule has 120 valence electrons. The number of alkyl halides is 3. The summed E-state index contributed by atoms with van der Waals surface area (Å²) >= 11 is 3.02. The molecule has 1 aromatic carbocycles. The second-order valence-corrected chi connectivity index (χ2v) is 7.23. The molecule has 0 fully saturated rings. The minimum Gasteiger partial charge on any atom is -0.378 e. The van der Waals surface area contributed by atoms with E-state index in [4.69, 9.17) is 4.74 Å². The number of hydrogen-bond acceptors (Lipinski definition) is 3. The molecule has 0 aliphatic heterocycles. The summed E-state index contributed by atoms with van der Waals surface area (Å²) < 4.78 is 68.9. The van der Waals surface area contributed by atoms with Gasteiger partial charge in [0, 0.05) is 4.47 Å². The fourth-order valence-electron chi connectivity index (χ4n) is 1.39. The van der Waals surface area contributed by atoms with E-state index in [9.17, 15) is 21.6 Å². The number of nitrogens with one attached hydrogen (secondary N) is 1. The number of halogens is 4. The van der Waals surface area contributed by atoms with Gasteiger partial charge in [-0.15, -0.1) is 0 Å². The lowest BCUT2D eigenvalue weighted by molar-refractivity contribution is -0.137. The normalized spacial score (nSPS) is 12.7. The lowest BCUT2D eigenvalue weighted by Crippen LogP contribution is -2.22. The zero-order valence-corrected chi connectivity index (χ0v) is 13.8. The molecule has 1 N–H and O–H groups in total. The standard InChI is InChI=1S/C12H15BrF3NO3S/c1-8(2)20-5-6-21(18,19)17-11-7-9(12(14,15)16)3-4-10(11)13/h3-4,7-8,17H,5-6H2,1-2H3. The average molecular weight is 390 g/mol. The minimum atomic E-state index is -4.54. The molecule has 0 aliphatic rings. The van der Waals surface area contributed by atoms with Gasteiger partial charge in [0.25, 0.3) is 0 Å². The molecular weight excluding hydrogens is 375 g/mol. The highest BCUT2D eigenvalue weighted by atomic mass is 79.9. The Morgan fingerprint density at radius 1 is 1.33 bits per heavy atom. The largest absolute Gasteiger partial charge is 0.416 e. The molecule has 0 aromatic heterocycles. The average Bonchev–Trinajstić information content (AvgIpc) is 2.29. The van der Waals surface area contributed by atoms with E-state index in [1.807, 2.05) is 0 Å². The van der Waals surface area contributed by atoms with Crippen LogP contribution in [0.4, 0.5) is 18.9 Å². The second-order valence-electron chi connectivity index (χ2n) is 4.53. The highest BCUT2D eigenvalue weighted by molar-refractivity contribution is 9.10. The van der Waals surface area contributed by atoms with Crippen molar-refractivity contribution in [1.29, 1.82) is 0 Å². The van der Waals surface area contributed by atoms with Crippen molar-refractivity contribution in [2.75, 3.05) is 17.1 Å². The van der Waals surface area contributed by atoms with Gasteiger partial charge in [0.2, 0.25) is 10.0 Å². The minimum absolute atomic E-state index is 0.0381. The van der Waals surface area contributed by atoms with Crippen molar-refractivity contribution in [2.45, 2.75) is 26.1 Å². The molecule has 9 heteroatoms. The Morgan fingerprint density at radius 3 is 2.48 bits per heavy atom. The lowest BCUT2D eigenvalue weighted by atomic mass is 10.2. The van der Waals surface area contributed by atoms with E-state index in [2.05, 4.69) is 20.7 Å². The quantitative estimate of drug-likeness (QED) is 0.807. The van der Waals surface area contributed by atoms with Crippen LogP contribution >= 0.6 is 15.9 Å². The number of hydrogen-bond donors (Lipinski definition) is 1. The number of sulfonamides is 1. The van der Waals surface area contributed by atoms with Crippen LogP contribution in [0.5, 0.6) is 0 Å². The third kappa shape index (κ3) is 6.23. The van der Waals surface area contributed by atoms with Gasteiger partial charge < -0.3 is 4.74 Å². The smallest absolute Gasteiger partial charge is 0.378 e. The van der Waals surface area contributed by atoms with Gasteiger partial charge in [-0.25, -0.2) is 8.42 Å². The van der Waals surface area contributed by atoms with E-state index in [0.29, 0.717) is 0 Å². The van der Waals surface area contributed by atoms with Crippen LogP contribution in [0.1, 0.15) is 19.4 Å². The molecule has 0 amide bonds. The third-order valence-electron chi connectivity index (χ3n) is 2.36. The first-order valence-corrected chi connectivity index (χ1v) is 8.44. The van der Waals surface area contributed by atoms with Gasteiger partial charge in [0.15, 0.2) is 0 Å². The van der Waals surface area contributed by atoms with Crippen molar-refractivity contribution >= 4 is 31.6 Å². The van der Waals surface area contributed by atoms with Gasteiger partial charge in [-0.3, -0.25) is 4.72 Å². The van der Waals surface area contributed by atoms with E-state index in [1.165, 1.54) is 0 Å². The first kappa shape index (κ1) is 18.2. The summed E-state index contributed by atoms with van der Waals surface area (Å²) in [5, 5.41) is 0. The van der Waals surface area contributed by atoms with Gasteiger partial charge in [-0.1, -0.05) is 0 Å². The Kier molecular flexibility index (Phi) is 6.06. The van der Waals surface area contributed by atoms with Crippen LogP contribution in [0.3, 0.4) is 0 Å². The van der Waals surface area contributed by atoms with E-state index in [1.54, 1.807) is 13.8 Å². The summed E-state index contributed by atoms with van der Waals surface area (Å²) in [6, 6.07) is 2.75. The molecule has 0 spiro atoms. The zero-order chi connectivity index (χ0) is 16.3. The van der Waals surface area contributed by atoms with Crippen molar-refractivity contribution in [1.82, 2.24) is 0 Å². The predicted molar refractivity (Wildman–Crippen MR) is 77.6 cm³/mol. The summed E-state index contributed by atoms with van der Waals surface area (Å²) in [7, 11) is -3.79. The van der Waals surface area contributed by atoms with Crippen molar-refractivity contribution in [3.63, 3.8) is 0 Å². The van der Waals surface area contributed by atoms with E-state index < -0.39 is 21.8 Å². The van der Waals surface area contributed by atoms with Gasteiger partial charge in [0.05, 0.1) is 29.7 Å². The van der Waals surface area contributed by atoms with Crippen LogP contribution in [0.25, 0.3) is 0 Å². The van der Waals surface area contributed by atoms with Crippen molar-refractivity contribution < 1.29 is 26.3 Å². The van der Waals surface area contributed by atoms with E-state index in [0.717, 1.165) is 18.2 Å². The van der Waals surface area contributed by atoms with Crippen LogP contribution in [-0.2, 0) is 20.9 Å². The SMILES string of the molecule is CC(C)OCCS(=O)(=O)Nc1cc(C(F)(F)F)ccc1Br. The molecule has 0 aliphatic carbocycles. The fraction of sp³-hybridized carbons (Fsp3) is 0.500. The Balaban J connectivity index is 2.86. The number of benzene rings is 1. The summed E-state index contributed by atoms with van der Waals surface area (Å²) in [5.74, 6) is -0.339. The molecule has 0 bridgehead atoms. The highest BCUT2D eigenvalue weighted by Crippen LogP contribution is 2.34. The second kappa shape index (κ2) is 6.97. The van der Waals surface area contributed by atoms with Crippen LogP contribution in [0, 0.1) is 0 Å². The molecule has 1 rings (SSSR count). The van der Waals surface area contributed by atoms with E-state index in [-0.39, 0.29) is 28.6 Å². The molecule has 0 atom stereocenters. The molecule has 0 radical (unpaired) electrons. The van der Waals surface area contributed by atoms with Crippen molar-refractivity contribution in [2.24, 2.45) is 0 Å². The maximum atomic E-state index is 12.6. The Labute approximate surface area is 129 Å². The number of anilines is 1. The van der Waals surface area contributed by atoms with Gasteiger partial charge in [0.1, 0.15) is 0 Å². The predicted octanol–water partition coefficient (Wildman–Crippen LogP) is 3.63. The summed E-state index contributed by atoms with van der Waals surface area (Å²) in [4.78, 5) is 0. The Hall–Kier alpha value is -0.800. The van der Waals surface area contributed by atoms with Crippen molar-refractivity contribution in [3.8, 4) is 0 Å². The van der Waals surface area contributed by atoms with Gasteiger partial charge in [-0.2, -0.15) is 13.2 Å². The van der Waals surface area contributed by atoms with Gasteiger partial charge >= 0.3 is 6.18 Å². The van der Waals surface area contributed by atoms with Crippen LogP contribution in [0.15, 0.2) is 22.7 Å². The third-order valence-corrected chi connectivity index (χ3v) is 4.29. The molecule has 0 saturated carbocycles. The zero-order valence-electron chi connectivity index (χ0n) is 11.4. The summed E-state index contributed by atoms with van der Waals surface area (Å²) in [6.45, 7) is 3.47. The Morgan fingerprint density at radius 2 is 1.95 bits per heavy atom. The lowest BCUT2D eigenvalue weighted by Gasteiger charge is -2.13. The highest BCUT2D eigenvalue weighted by Gasteiger charge is 2.31. The molecule has 0 unspecified atom stereocenters. The number of ether oxygens (including phenoxy) is 1. The molecular formula is C12H15BrF3NO3S. The van der Waals surface area contributed by atoms with Crippen molar-refractivity contribution in [3.05, 3.63) is 28.2 Å². The van der Waals surface area contributed by atoms with E-state index >= 15 is 0 Å². The first-order valence-electron chi connectivity index (χ1n) is 6.00. The molecule has 0 saturated heterocycles. The first-order chi connectivity index (χ1) is 9.51. The van der Waals surface area contributed by atoms with Crippen LogP contribution in [-0.4, -0.2) is 26.9 Å². The monoisotopic (exact) mass is 389 g/mol. The summed E-state index contributed by atoms with van der Waals surface area (Å²) in [5.41, 5.74) is -1.09. The summed E-state index contributed by atoms with van der Waals surface area (Å²) in [6.07, 6.45) is -4.66. The molecule has 4 nitrogen and oxygen atoms in total. The molecule has 21 heavy (non-hydrogen) atoms. The maximum absolute atomic E-state index is 12.6. The Bertz CT molecular complexity index is 588. The van der Waals surface area contributed by atoms with Crippen LogP contribution in [0.2, 0.25) is 0 Å². The topological polar surface area (TPSA) is 55.4 Å². The van der Waals surface area contributed by atoms with Gasteiger partial charge in [-0.05, 0) is 48.0 Å².